The summed E-state index contributed by atoms with van der Waals surface area (Å²) in [7, 11) is -2.62. The molecule has 3 aromatic carbocycles. The van der Waals surface area contributed by atoms with Crippen LogP contribution in [0.2, 0.25) is 0 Å². The van der Waals surface area contributed by atoms with Crippen LogP contribution in [0.4, 0.5) is 5.69 Å². The third kappa shape index (κ3) is 9.21. The van der Waals surface area contributed by atoms with E-state index in [-0.39, 0.29) is 17.3 Å². The first-order valence-electron chi connectivity index (χ1n) is 14.4. The number of rotatable bonds is 16. The summed E-state index contributed by atoms with van der Waals surface area (Å²) in [5.41, 5.74) is 1.04. The predicted octanol–water partition coefficient (Wildman–Crippen LogP) is 5.78. The molecule has 1 N–H and O–H groups in total. The fourth-order valence-electron chi connectivity index (χ4n) is 4.53. The number of amides is 2. The number of anilines is 1. The molecule has 3 rings (SSSR count). The van der Waals surface area contributed by atoms with Crippen molar-refractivity contribution in [3.05, 3.63) is 82.8 Å². The van der Waals surface area contributed by atoms with Crippen LogP contribution in [0.5, 0.6) is 11.5 Å². The Morgan fingerprint density at radius 2 is 1.65 bits per heavy atom. The van der Waals surface area contributed by atoms with E-state index in [1.165, 1.54) is 17.0 Å². The van der Waals surface area contributed by atoms with Gasteiger partial charge in [0.15, 0.2) is 0 Å². The van der Waals surface area contributed by atoms with Gasteiger partial charge in [-0.1, -0.05) is 48.3 Å². The Morgan fingerprint density at radius 3 is 2.26 bits per heavy atom. The molecular weight excluding hydrogens is 634 g/mol. The molecular formula is C32H40BrN3O6S. The molecule has 11 heteroatoms. The maximum Gasteiger partial charge on any atom is 0.264 e. The van der Waals surface area contributed by atoms with Crippen molar-refractivity contribution in [1.29, 1.82) is 0 Å². The molecule has 1 atom stereocenters. The van der Waals surface area contributed by atoms with Crippen LogP contribution in [-0.4, -0.2) is 58.0 Å². The van der Waals surface area contributed by atoms with Gasteiger partial charge in [-0.05, 0) is 86.0 Å². The van der Waals surface area contributed by atoms with Crippen LogP contribution in [-0.2, 0) is 26.2 Å². The molecule has 232 valence electrons. The second-order valence-electron chi connectivity index (χ2n) is 9.83. The maximum absolute atomic E-state index is 14.2. The highest BCUT2D eigenvalue weighted by Crippen LogP contribution is 2.28. The Labute approximate surface area is 263 Å². The molecule has 0 bridgehead atoms. The average molecular weight is 675 g/mol. The molecule has 0 aromatic heterocycles. The van der Waals surface area contributed by atoms with Gasteiger partial charge in [0.2, 0.25) is 11.8 Å². The lowest BCUT2D eigenvalue weighted by Gasteiger charge is -2.33. The van der Waals surface area contributed by atoms with Crippen LogP contribution in [0.3, 0.4) is 0 Å². The molecule has 43 heavy (non-hydrogen) atoms. The van der Waals surface area contributed by atoms with E-state index in [1.807, 2.05) is 32.9 Å². The van der Waals surface area contributed by atoms with E-state index in [0.717, 1.165) is 27.2 Å². The van der Waals surface area contributed by atoms with Crippen LogP contribution in [0, 0.1) is 0 Å². The molecule has 0 radical (unpaired) electrons. The van der Waals surface area contributed by atoms with Crippen LogP contribution in [0.1, 0.15) is 45.6 Å². The molecule has 0 aliphatic carbocycles. The van der Waals surface area contributed by atoms with Crippen molar-refractivity contribution in [3.8, 4) is 11.5 Å². The van der Waals surface area contributed by atoms with E-state index in [9.17, 15) is 18.0 Å². The molecule has 0 saturated carbocycles. The molecule has 9 nitrogen and oxygen atoms in total. The van der Waals surface area contributed by atoms with Crippen LogP contribution >= 0.6 is 15.9 Å². The van der Waals surface area contributed by atoms with Crippen molar-refractivity contribution in [2.75, 3.05) is 31.1 Å². The second kappa shape index (κ2) is 16.3. The number of carbonyl (C=O) groups excluding carboxylic acids is 2. The standard InChI is InChI=1S/C32H40BrN3O6S/c1-5-8-20-34-32(38)30(6-2)35(22-24-10-9-11-28(21-24)41-4)31(37)23-36(26-14-16-27(17-15-26)42-7-3)43(39,40)29-18-12-25(33)13-19-29/h9-19,21,30H,5-8,20,22-23H2,1-4H3,(H,34,38)/t30-/m0/s1. The van der Waals surface area contributed by atoms with Crippen molar-refractivity contribution < 1.29 is 27.5 Å². The topological polar surface area (TPSA) is 105 Å². The van der Waals surface area contributed by atoms with E-state index in [1.54, 1.807) is 55.6 Å². The van der Waals surface area contributed by atoms with Crippen molar-refractivity contribution in [2.24, 2.45) is 0 Å². The predicted molar refractivity (Wildman–Crippen MR) is 172 cm³/mol. The summed E-state index contributed by atoms with van der Waals surface area (Å²) in [6.07, 6.45) is 2.06. The number of ether oxygens (including phenoxy) is 2. The summed E-state index contributed by atoms with van der Waals surface area (Å²) in [5.74, 6) is 0.387. The van der Waals surface area contributed by atoms with Gasteiger partial charge in [0, 0.05) is 17.6 Å². The Balaban J connectivity index is 2.05. The normalized spacial score (nSPS) is 11.8. The molecule has 3 aromatic rings. The van der Waals surface area contributed by atoms with E-state index in [0.29, 0.717) is 36.8 Å². The second-order valence-corrected chi connectivity index (χ2v) is 12.6. The Bertz CT molecular complexity index is 1450. The smallest absolute Gasteiger partial charge is 0.264 e. The minimum Gasteiger partial charge on any atom is -0.497 e. The lowest BCUT2D eigenvalue weighted by atomic mass is 10.1. The number of nitrogens with one attached hydrogen (secondary N) is 1. The fourth-order valence-corrected chi connectivity index (χ4v) is 6.21. The summed E-state index contributed by atoms with van der Waals surface area (Å²) < 4.78 is 40.7. The largest absolute Gasteiger partial charge is 0.497 e. The minimum absolute atomic E-state index is 0.0288. The van der Waals surface area contributed by atoms with Crippen molar-refractivity contribution in [1.82, 2.24) is 10.2 Å². The summed E-state index contributed by atoms with van der Waals surface area (Å²) >= 11 is 3.35. The van der Waals surface area contributed by atoms with E-state index in [4.69, 9.17) is 9.47 Å². The van der Waals surface area contributed by atoms with Crippen molar-refractivity contribution in [2.45, 2.75) is 57.5 Å². The molecule has 0 aliphatic heterocycles. The van der Waals surface area contributed by atoms with Gasteiger partial charge in [0.25, 0.3) is 10.0 Å². The SMILES string of the molecule is CCCCNC(=O)[C@H](CC)N(Cc1cccc(OC)c1)C(=O)CN(c1ccc(OCC)cc1)S(=O)(=O)c1ccc(Br)cc1. The zero-order chi connectivity index (χ0) is 31.4. The summed E-state index contributed by atoms with van der Waals surface area (Å²) in [5, 5.41) is 2.94. The van der Waals surface area contributed by atoms with Crippen molar-refractivity contribution in [3.63, 3.8) is 0 Å². The van der Waals surface area contributed by atoms with Gasteiger partial charge in [-0.3, -0.25) is 13.9 Å². The van der Waals surface area contributed by atoms with Gasteiger partial charge in [-0.15, -0.1) is 0 Å². The zero-order valence-electron chi connectivity index (χ0n) is 25.1. The average Bonchev–Trinajstić information content (AvgIpc) is 3.00. The zero-order valence-corrected chi connectivity index (χ0v) is 27.5. The summed E-state index contributed by atoms with van der Waals surface area (Å²) in [4.78, 5) is 29.0. The van der Waals surface area contributed by atoms with E-state index < -0.39 is 28.5 Å². The number of hydrogen-bond acceptors (Lipinski definition) is 6. The van der Waals surface area contributed by atoms with Gasteiger partial charge in [0.1, 0.15) is 24.1 Å². The number of sulfonamides is 1. The first-order chi connectivity index (χ1) is 20.6. The quantitative estimate of drug-likeness (QED) is 0.194. The molecule has 0 heterocycles. The first-order valence-corrected chi connectivity index (χ1v) is 16.6. The fraction of sp³-hybridized carbons (Fsp3) is 0.375. The molecule has 0 spiro atoms. The lowest BCUT2D eigenvalue weighted by Crippen LogP contribution is -2.52. The molecule has 0 unspecified atom stereocenters. The number of nitrogens with zero attached hydrogens (tertiary/aromatic N) is 2. The van der Waals surface area contributed by atoms with Crippen LogP contribution in [0.15, 0.2) is 82.2 Å². The molecule has 0 fully saturated rings. The third-order valence-corrected chi connectivity index (χ3v) is 9.14. The van der Waals surface area contributed by atoms with Crippen LogP contribution < -0.4 is 19.1 Å². The monoisotopic (exact) mass is 673 g/mol. The third-order valence-electron chi connectivity index (χ3n) is 6.82. The Kier molecular flexibility index (Phi) is 12.9. The van der Waals surface area contributed by atoms with Gasteiger partial charge in [-0.2, -0.15) is 0 Å². The Hall–Kier alpha value is -3.57. The number of halogens is 1. The number of carbonyl (C=O) groups is 2. The van der Waals surface area contributed by atoms with E-state index >= 15 is 0 Å². The van der Waals surface area contributed by atoms with E-state index in [2.05, 4.69) is 21.2 Å². The van der Waals surface area contributed by atoms with Gasteiger partial charge in [-0.25, -0.2) is 8.42 Å². The minimum atomic E-state index is -4.17. The Morgan fingerprint density at radius 1 is 0.953 bits per heavy atom. The van der Waals surface area contributed by atoms with Crippen molar-refractivity contribution >= 4 is 43.5 Å². The highest BCUT2D eigenvalue weighted by atomic mass is 79.9. The highest BCUT2D eigenvalue weighted by Gasteiger charge is 2.33. The number of benzene rings is 3. The van der Waals surface area contributed by atoms with Gasteiger partial charge in [0.05, 0.1) is 24.3 Å². The molecule has 0 aliphatic rings. The number of methoxy groups -OCH3 is 1. The maximum atomic E-state index is 14.2. The first kappa shape index (κ1) is 33.9. The van der Waals surface area contributed by atoms with Crippen LogP contribution in [0.25, 0.3) is 0 Å². The summed E-state index contributed by atoms with van der Waals surface area (Å²) in [6.45, 7) is 6.23. The lowest BCUT2D eigenvalue weighted by molar-refractivity contribution is -0.140. The molecule has 2 amide bonds. The van der Waals surface area contributed by atoms with Gasteiger partial charge >= 0.3 is 0 Å². The molecule has 0 saturated heterocycles. The van der Waals surface area contributed by atoms with Gasteiger partial charge < -0.3 is 19.7 Å². The summed E-state index contributed by atoms with van der Waals surface area (Å²) in [6, 6.07) is 19.2. The number of hydrogen-bond donors (Lipinski definition) is 1. The number of unbranched alkanes of at least 4 members (excludes halogenated alkanes) is 1. The highest BCUT2D eigenvalue weighted by molar-refractivity contribution is 9.10.